The highest BCUT2D eigenvalue weighted by molar-refractivity contribution is 5.98. The number of benzene rings is 2. The van der Waals surface area contributed by atoms with Crippen molar-refractivity contribution in [3.63, 3.8) is 0 Å². The number of epoxide rings is 1. The number of amides is 4. The largest absolute Gasteiger partial charge is 0.379 e. The standard InChI is InChI=1S/C42H61N5O8/c1-29(2)24-34(38(49)42(5)28-55-42)44-41(52)36(26-32-14-10-7-11-15-32)46-40(51)35(25-30(3)4)45-39(50)33(17-16-31-12-8-6-9-13-31)43-37(48)27-54-23-20-47-18-21-53-22-19-47/h6-15,29-30,33-36H,16-28H2,1-5H3,(H,43,48)(H,44,52)(H,45,50)(H,46,51)/t33-,34-,35-,36-,42?/m0/s1. The van der Waals surface area contributed by atoms with Crippen molar-refractivity contribution in [2.45, 2.75) is 96.5 Å². The number of hydrogen-bond donors (Lipinski definition) is 4. The number of nitrogens with zero attached hydrogens (tertiary/aromatic N) is 1. The van der Waals surface area contributed by atoms with Gasteiger partial charge in [0, 0.05) is 26.1 Å². The van der Waals surface area contributed by atoms with E-state index in [1.54, 1.807) is 6.92 Å². The number of rotatable bonds is 23. The Morgan fingerprint density at radius 2 is 1.25 bits per heavy atom. The molecule has 4 N–H and O–H groups in total. The molecule has 2 fully saturated rings. The number of aryl methyl sites for hydroxylation is 1. The molecule has 5 atom stereocenters. The van der Waals surface area contributed by atoms with Crippen molar-refractivity contribution in [1.82, 2.24) is 26.2 Å². The lowest BCUT2D eigenvalue weighted by molar-refractivity contribution is -0.135. The quantitative estimate of drug-likeness (QED) is 0.0983. The zero-order valence-electron chi connectivity index (χ0n) is 33.1. The lowest BCUT2D eigenvalue weighted by Crippen LogP contribution is -2.59. The molecular weight excluding hydrogens is 702 g/mol. The summed E-state index contributed by atoms with van der Waals surface area (Å²) < 4.78 is 16.5. The van der Waals surface area contributed by atoms with Gasteiger partial charge in [0.2, 0.25) is 23.6 Å². The molecule has 13 nitrogen and oxygen atoms in total. The molecule has 0 bridgehead atoms. The lowest BCUT2D eigenvalue weighted by Gasteiger charge is -2.28. The lowest BCUT2D eigenvalue weighted by atomic mass is 9.93. The summed E-state index contributed by atoms with van der Waals surface area (Å²) in [4.78, 5) is 70.7. The van der Waals surface area contributed by atoms with Gasteiger partial charge in [-0.05, 0) is 55.6 Å². The zero-order chi connectivity index (χ0) is 39.8. The van der Waals surface area contributed by atoms with Crippen LogP contribution in [0.25, 0.3) is 0 Å². The molecule has 2 saturated heterocycles. The number of morpholine rings is 1. The van der Waals surface area contributed by atoms with Crippen LogP contribution < -0.4 is 21.3 Å². The molecule has 0 saturated carbocycles. The van der Waals surface area contributed by atoms with Gasteiger partial charge in [0.25, 0.3) is 0 Å². The molecule has 4 amide bonds. The number of ketones is 1. The molecule has 0 radical (unpaired) electrons. The van der Waals surface area contributed by atoms with Crippen molar-refractivity contribution < 1.29 is 38.2 Å². The number of carbonyl (C=O) groups is 5. The second-order valence-corrected chi connectivity index (χ2v) is 15.7. The molecular formula is C42H61N5O8. The van der Waals surface area contributed by atoms with Gasteiger partial charge in [-0.15, -0.1) is 0 Å². The van der Waals surface area contributed by atoms with E-state index in [-0.39, 0.29) is 37.1 Å². The van der Waals surface area contributed by atoms with Crippen molar-refractivity contribution in [3.05, 3.63) is 71.8 Å². The van der Waals surface area contributed by atoms with Gasteiger partial charge in [0.1, 0.15) is 30.3 Å². The fourth-order valence-corrected chi connectivity index (χ4v) is 6.54. The second-order valence-electron chi connectivity index (χ2n) is 15.7. The summed E-state index contributed by atoms with van der Waals surface area (Å²) >= 11 is 0. The van der Waals surface area contributed by atoms with Crippen LogP contribution in [0.1, 0.15) is 65.0 Å². The Morgan fingerprint density at radius 3 is 1.85 bits per heavy atom. The molecule has 4 rings (SSSR count). The maximum absolute atomic E-state index is 14.1. The van der Waals surface area contributed by atoms with Crippen LogP contribution in [0.4, 0.5) is 0 Å². The fourth-order valence-electron chi connectivity index (χ4n) is 6.54. The fraction of sp³-hybridized carbons (Fsp3) is 0.595. The first kappa shape index (κ1) is 43.6. The van der Waals surface area contributed by atoms with E-state index in [2.05, 4.69) is 26.2 Å². The Hall–Kier alpha value is -4.17. The Kier molecular flexibility index (Phi) is 17.3. The molecule has 302 valence electrons. The third kappa shape index (κ3) is 15.1. The van der Waals surface area contributed by atoms with Gasteiger partial charge in [0.15, 0.2) is 5.78 Å². The van der Waals surface area contributed by atoms with E-state index in [9.17, 15) is 24.0 Å². The number of ether oxygens (including phenoxy) is 3. The van der Waals surface area contributed by atoms with Crippen LogP contribution in [0.5, 0.6) is 0 Å². The van der Waals surface area contributed by atoms with E-state index < -0.39 is 53.4 Å². The monoisotopic (exact) mass is 763 g/mol. The van der Waals surface area contributed by atoms with E-state index in [4.69, 9.17) is 14.2 Å². The average molecular weight is 764 g/mol. The molecule has 0 aromatic heterocycles. The smallest absolute Gasteiger partial charge is 0.246 e. The summed E-state index contributed by atoms with van der Waals surface area (Å²) in [7, 11) is 0. The van der Waals surface area contributed by atoms with Crippen LogP contribution in [0.15, 0.2) is 60.7 Å². The summed E-state index contributed by atoms with van der Waals surface area (Å²) in [5.41, 5.74) is 0.880. The summed E-state index contributed by atoms with van der Waals surface area (Å²) in [6, 6.07) is 15.1. The highest BCUT2D eigenvalue weighted by Gasteiger charge is 2.50. The molecule has 55 heavy (non-hydrogen) atoms. The highest BCUT2D eigenvalue weighted by atomic mass is 16.6. The zero-order valence-corrected chi connectivity index (χ0v) is 33.1. The van der Waals surface area contributed by atoms with E-state index in [1.165, 1.54) is 0 Å². The van der Waals surface area contributed by atoms with Crippen molar-refractivity contribution in [1.29, 1.82) is 0 Å². The van der Waals surface area contributed by atoms with E-state index in [0.29, 0.717) is 52.2 Å². The predicted octanol–water partition coefficient (Wildman–Crippen LogP) is 2.60. The minimum absolute atomic E-state index is 0.00186. The van der Waals surface area contributed by atoms with Crippen molar-refractivity contribution in [2.75, 3.05) is 52.7 Å². The minimum Gasteiger partial charge on any atom is -0.379 e. The molecule has 1 unspecified atom stereocenters. The maximum Gasteiger partial charge on any atom is 0.246 e. The van der Waals surface area contributed by atoms with Crippen LogP contribution in [0, 0.1) is 11.8 Å². The molecule has 0 spiro atoms. The van der Waals surface area contributed by atoms with Crippen LogP contribution in [0.3, 0.4) is 0 Å². The summed E-state index contributed by atoms with van der Waals surface area (Å²) in [6.07, 6.45) is 1.66. The Bertz CT molecular complexity index is 1530. The number of Topliss-reactive ketones (excluding diaryl/α,β-unsaturated/α-hetero) is 1. The molecule has 2 aromatic carbocycles. The predicted molar refractivity (Wildman–Crippen MR) is 209 cm³/mol. The first-order valence-corrected chi connectivity index (χ1v) is 19.7. The van der Waals surface area contributed by atoms with Gasteiger partial charge in [-0.1, -0.05) is 88.4 Å². The van der Waals surface area contributed by atoms with Gasteiger partial charge < -0.3 is 35.5 Å². The Labute approximate surface area is 326 Å². The van der Waals surface area contributed by atoms with Gasteiger partial charge >= 0.3 is 0 Å². The molecule has 13 heteroatoms. The number of carbonyl (C=O) groups excluding carboxylic acids is 5. The molecule has 0 aliphatic carbocycles. The van der Waals surface area contributed by atoms with Crippen LogP contribution >= 0.6 is 0 Å². The molecule has 2 aliphatic heterocycles. The van der Waals surface area contributed by atoms with Crippen molar-refractivity contribution >= 4 is 29.4 Å². The Balaban J connectivity index is 1.46. The van der Waals surface area contributed by atoms with Crippen molar-refractivity contribution in [3.8, 4) is 0 Å². The third-order valence-electron chi connectivity index (χ3n) is 9.80. The van der Waals surface area contributed by atoms with Crippen molar-refractivity contribution in [2.24, 2.45) is 11.8 Å². The molecule has 2 aliphatic rings. The average Bonchev–Trinajstić information content (AvgIpc) is 3.92. The van der Waals surface area contributed by atoms with Crippen LogP contribution in [-0.4, -0.2) is 117 Å². The maximum atomic E-state index is 14.1. The van der Waals surface area contributed by atoms with Crippen LogP contribution in [-0.2, 0) is 51.0 Å². The van der Waals surface area contributed by atoms with E-state index in [1.807, 2.05) is 88.4 Å². The van der Waals surface area contributed by atoms with Gasteiger partial charge in [0.05, 0.1) is 32.5 Å². The Morgan fingerprint density at radius 1 is 0.727 bits per heavy atom. The highest BCUT2D eigenvalue weighted by Crippen LogP contribution is 2.29. The first-order valence-electron chi connectivity index (χ1n) is 19.7. The third-order valence-corrected chi connectivity index (χ3v) is 9.80. The summed E-state index contributed by atoms with van der Waals surface area (Å²) in [5.74, 6) is -2.07. The normalized spacial score (nSPS) is 19.2. The first-order chi connectivity index (χ1) is 26.3. The van der Waals surface area contributed by atoms with Crippen LogP contribution in [0.2, 0.25) is 0 Å². The van der Waals surface area contributed by atoms with E-state index >= 15 is 0 Å². The van der Waals surface area contributed by atoms with Gasteiger partial charge in [-0.3, -0.25) is 28.9 Å². The SMILES string of the molecule is CC(C)C[C@H](NC(=O)[C@H](CCc1ccccc1)NC(=O)COCCN1CCOCC1)C(=O)N[C@@H](Cc1ccccc1)C(=O)N[C@@H](CC(C)C)C(=O)C1(C)CO1. The molecule has 2 aromatic rings. The topological polar surface area (TPSA) is 168 Å². The van der Waals surface area contributed by atoms with Gasteiger partial charge in [-0.2, -0.15) is 0 Å². The minimum atomic E-state index is -1.04. The number of nitrogens with one attached hydrogen (secondary N) is 4. The summed E-state index contributed by atoms with van der Waals surface area (Å²) in [5, 5.41) is 11.5. The summed E-state index contributed by atoms with van der Waals surface area (Å²) in [6.45, 7) is 13.6. The van der Waals surface area contributed by atoms with E-state index in [0.717, 1.165) is 24.2 Å². The number of hydrogen-bond acceptors (Lipinski definition) is 9. The van der Waals surface area contributed by atoms with Gasteiger partial charge in [-0.25, -0.2) is 0 Å². The molecule has 2 heterocycles. The second kappa shape index (κ2) is 21.8.